The maximum atomic E-state index is 12.8. The third-order valence-corrected chi connectivity index (χ3v) is 5.78. The Kier molecular flexibility index (Phi) is 6.75. The fraction of sp³-hybridized carbons (Fsp3) is 0.360. The molecule has 0 bridgehead atoms. The summed E-state index contributed by atoms with van der Waals surface area (Å²) in [6.07, 6.45) is 1.61. The van der Waals surface area contributed by atoms with Crippen molar-refractivity contribution in [3.63, 3.8) is 0 Å². The van der Waals surface area contributed by atoms with Gasteiger partial charge in [-0.25, -0.2) is 4.79 Å². The number of aromatic nitrogens is 1. The van der Waals surface area contributed by atoms with Crippen LogP contribution >= 0.6 is 0 Å². The first-order valence-corrected chi connectivity index (χ1v) is 10.9. The van der Waals surface area contributed by atoms with Crippen LogP contribution in [0.3, 0.4) is 0 Å². The highest BCUT2D eigenvalue weighted by molar-refractivity contribution is 6.06. The molecule has 0 unspecified atom stereocenters. The van der Waals surface area contributed by atoms with E-state index in [0.717, 1.165) is 49.3 Å². The van der Waals surface area contributed by atoms with E-state index in [1.807, 2.05) is 25.1 Å². The lowest BCUT2D eigenvalue weighted by atomic mass is 10.1. The molecular weight excluding hydrogens is 406 g/mol. The van der Waals surface area contributed by atoms with Crippen LogP contribution in [0.4, 0.5) is 5.69 Å². The number of benzene rings is 2. The summed E-state index contributed by atoms with van der Waals surface area (Å²) in [6, 6.07) is 14.2. The Morgan fingerprint density at radius 2 is 1.69 bits per heavy atom. The molecule has 0 saturated carbocycles. The van der Waals surface area contributed by atoms with E-state index in [-0.39, 0.29) is 5.97 Å². The highest BCUT2D eigenvalue weighted by atomic mass is 16.5. The van der Waals surface area contributed by atoms with E-state index in [2.05, 4.69) is 39.0 Å². The number of pyridine rings is 1. The first kappa shape index (κ1) is 21.9. The third kappa shape index (κ3) is 4.48. The molecule has 2 heterocycles. The summed E-state index contributed by atoms with van der Waals surface area (Å²) in [5.41, 5.74) is 3.37. The molecule has 4 rings (SSSR count). The Morgan fingerprint density at radius 1 is 1.00 bits per heavy atom. The van der Waals surface area contributed by atoms with Crippen LogP contribution in [0.15, 0.2) is 48.7 Å². The molecule has 32 heavy (non-hydrogen) atoms. The zero-order valence-electron chi connectivity index (χ0n) is 18.8. The second kappa shape index (κ2) is 9.87. The molecule has 0 radical (unpaired) electrons. The van der Waals surface area contributed by atoms with E-state index in [1.165, 1.54) is 5.56 Å². The first-order valence-electron chi connectivity index (χ1n) is 10.9. The number of ether oxygens (including phenoxy) is 3. The van der Waals surface area contributed by atoms with E-state index in [1.54, 1.807) is 20.4 Å². The summed E-state index contributed by atoms with van der Waals surface area (Å²) in [6.45, 7) is 6.43. The SMILES string of the molecule is CCOC(=O)c1cnc2cc(OC)c(OC)cc2c1N1CCN(Cc2ccccc2)CC1. The predicted octanol–water partition coefficient (Wildman–Crippen LogP) is 3.75. The molecule has 7 nitrogen and oxygen atoms in total. The topological polar surface area (TPSA) is 64.1 Å². The lowest BCUT2D eigenvalue weighted by Crippen LogP contribution is -2.46. The highest BCUT2D eigenvalue weighted by Crippen LogP contribution is 2.38. The Bertz CT molecular complexity index is 1080. The third-order valence-electron chi connectivity index (χ3n) is 5.78. The molecular formula is C25H29N3O4. The fourth-order valence-corrected chi connectivity index (χ4v) is 4.18. The molecule has 0 spiro atoms. The van der Waals surface area contributed by atoms with Crippen LogP contribution in [-0.2, 0) is 11.3 Å². The van der Waals surface area contributed by atoms with E-state index in [4.69, 9.17) is 14.2 Å². The zero-order chi connectivity index (χ0) is 22.5. The summed E-state index contributed by atoms with van der Waals surface area (Å²) in [5, 5.41) is 0.852. The van der Waals surface area contributed by atoms with E-state index in [9.17, 15) is 4.79 Å². The van der Waals surface area contributed by atoms with Gasteiger partial charge in [0.2, 0.25) is 0 Å². The minimum Gasteiger partial charge on any atom is -0.493 e. The summed E-state index contributed by atoms with van der Waals surface area (Å²) in [4.78, 5) is 22.0. The number of rotatable bonds is 7. The van der Waals surface area contributed by atoms with Gasteiger partial charge in [-0.05, 0) is 18.6 Å². The maximum Gasteiger partial charge on any atom is 0.341 e. The van der Waals surface area contributed by atoms with Crippen molar-refractivity contribution in [2.45, 2.75) is 13.5 Å². The second-order valence-electron chi connectivity index (χ2n) is 7.71. The van der Waals surface area contributed by atoms with Crippen molar-refractivity contribution in [2.24, 2.45) is 0 Å². The Hall–Kier alpha value is -3.32. The van der Waals surface area contributed by atoms with Crippen LogP contribution in [0.2, 0.25) is 0 Å². The number of methoxy groups -OCH3 is 2. The van der Waals surface area contributed by atoms with Crippen LogP contribution in [0, 0.1) is 0 Å². The number of hydrogen-bond acceptors (Lipinski definition) is 7. The van der Waals surface area contributed by atoms with Gasteiger partial charge < -0.3 is 19.1 Å². The minimum atomic E-state index is -0.363. The smallest absolute Gasteiger partial charge is 0.341 e. The Morgan fingerprint density at radius 3 is 2.34 bits per heavy atom. The molecule has 0 amide bonds. The largest absolute Gasteiger partial charge is 0.493 e. The summed E-state index contributed by atoms with van der Waals surface area (Å²) >= 11 is 0. The van der Waals surface area contributed by atoms with Crippen molar-refractivity contribution in [1.29, 1.82) is 0 Å². The molecule has 1 aliphatic heterocycles. The van der Waals surface area contributed by atoms with Gasteiger partial charge in [-0.1, -0.05) is 30.3 Å². The van der Waals surface area contributed by atoms with Crippen LogP contribution in [0.5, 0.6) is 11.5 Å². The van der Waals surface area contributed by atoms with Gasteiger partial charge in [-0.2, -0.15) is 0 Å². The second-order valence-corrected chi connectivity index (χ2v) is 7.71. The molecule has 0 aliphatic carbocycles. The first-order chi connectivity index (χ1) is 15.6. The van der Waals surface area contributed by atoms with Gasteiger partial charge in [0.05, 0.1) is 32.0 Å². The van der Waals surface area contributed by atoms with E-state index < -0.39 is 0 Å². The van der Waals surface area contributed by atoms with Gasteiger partial charge in [0.15, 0.2) is 11.5 Å². The van der Waals surface area contributed by atoms with Crippen LogP contribution in [-0.4, -0.2) is 62.9 Å². The fourth-order valence-electron chi connectivity index (χ4n) is 4.18. The van der Waals surface area contributed by atoms with Crippen molar-refractivity contribution >= 4 is 22.6 Å². The summed E-state index contributed by atoms with van der Waals surface area (Å²) < 4.78 is 16.3. The molecule has 1 aromatic heterocycles. The predicted molar refractivity (Wildman–Crippen MR) is 125 cm³/mol. The quantitative estimate of drug-likeness (QED) is 0.524. The van der Waals surface area contributed by atoms with Gasteiger partial charge in [0.25, 0.3) is 0 Å². The van der Waals surface area contributed by atoms with Crippen LogP contribution in [0.25, 0.3) is 10.9 Å². The Labute approximate surface area is 188 Å². The van der Waals surface area contributed by atoms with E-state index >= 15 is 0 Å². The molecule has 0 N–H and O–H groups in total. The number of nitrogens with zero attached hydrogens (tertiary/aromatic N) is 3. The number of piperazine rings is 1. The number of carbonyl (C=O) groups is 1. The van der Waals surface area contributed by atoms with Crippen molar-refractivity contribution < 1.29 is 19.0 Å². The van der Waals surface area contributed by atoms with Crippen LogP contribution < -0.4 is 14.4 Å². The molecule has 0 atom stereocenters. The molecule has 3 aromatic rings. The molecule has 7 heteroatoms. The molecule has 1 fully saturated rings. The van der Waals surface area contributed by atoms with Crippen molar-refractivity contribution in [3.05, 3.63) is 59.8 Å². The lowest BCUT2D eigenvalue weighted by molar-refractivity contribution is 0.0526. The molecule has 1 saturated heterocycles. The van der Waals surface area contributed by atoms with Crippen molar-refractivity contribution in [1.82, 2.24) is 9.88 Å². The van der Waals surface area contributed by atoms with E-state index in [0.29, 0.717) is 23.7 Å². The highest BCUT2D eigenvalue weighted by Gasteiger charge is 2.26. The lowest BCUT2D eigenvalue weighted by Gasteiger charge is -2.37. The molecule has 2 aromatic carbocycles. The molecule has 168 valence electrons. The summed E-state index contributed by atoms with van der Waals surface area (Å²) in [5.74, 6) is 0.847. The van der Waals surface area contributed by atoms with Gasteiger partial charge in [-0.15, -0.1) is 0 Å². The van der Waals surface area contributed by atoms with Crippen molar-refractivity contribution in [3.8, 4) is 11.5 Å². The summed E-state index contributed by atoms with van der Waals surface area (Å²) in [7, 11) is 3.21. The average molecular weight is 436 g/mol. The number of carbonyl (C=O) groups excluding carboxylic acids is 1. The normalized spacial score (nSPS) is 14.4. The number of esters is 1. The van der Waals surface area contributed by atoms with Gasteiger partial charge in [0, 0.05) is 50.4 Å². The monoisotopic (exact) mass is 435 g/mol. The van der Waals surface area contributed by atoms with Gasteiger partial charge in [0.1, 0.15) is 5.56 Å². The van der Waals surface area contributed by atoms with Gasteiger partial charge >= 0.3 is 5.97 Å². The standard InChI is InChI=1S/C25H29N3O4/c1-4-32-25(29)20-16-26-21-15-23(31-3)22(30-2)14-19(21)24(20)28-12-10-27(11-13-28)17-18-8-6-5-7-9-18/h5-9,14-16H,4,10-13,17H2,1-3H3. The maximum absolute atomic E-state index is 12.8. The number of anilines is 1. The van der Waals surface area contributed by atoms with Crippen molar-refractivity contribution in [2.75, 3.05) is 51.9 Å². The Balaban J connectivity index is 1.67. The minimum absolute atomic E-state index is 0.313. The number of hydrogen-bond donors (Lipinski definition) is 0. The number of fused-ring (bicyclic) bond motifs is 1. The van der Waals surface area contributed by atoms with Crippen LogP contribution in [0.1, 0.15) is 22.8 Å². The average Bonchev–Trinajstić information content (AvgIpc) is 2.83. The zero-order valence-corrected chi connectivity index (χ0v) is 18.8. The molecule has 1 aliphatic rings. The van der Waals surface area contributed by atoms with Gasteiger partial charge in [-0.3, -0.25) is 9.88 Å².